The van der Waals surface area contributed by atoms with E-state index in [0.717, 1.165) is 17.7 Å². The summed E-state index contributed by atoms with van der Waals surface area (Å²) < 4.78 is 5.27. The van der Waals surface area contributed by atoms with E-state index in [4.69, 9.17) is 16.3 Å². The van der Waals surface area contributed by atoms with Crippen molar-refractivity contribution in [1.82, 2.24) is 4.90 Å². The second-order valence-corrected chi connectivity index (χ2v) is 4.03. The van der Waals surface area contributed by atoms with Crippen molar-refractivity contribution in [2.45, 2.75) is 19.9 Å². The first-order valence-electron chi connectivity index (χ1n) is 5.68. The van der Waals surface area contributed by atoms with Crippen molar-refractivity contribution in [3.05, 3.63) is 29.8 Å². The molecule has 0 saturated carbocycles. The lowest BCUT2D eigenvalue weighted by Gasteiger charge is -2.22. The molecule has 1 amide bonds. The van der Waals surface area contributed by atoms with E-state index in [1.165, 1.54) is 0 Å². The van der Waals surface area contributed by atoms with Gasteiger partial charge in [0.1, 0.15) is 11.6 Å². The van der Waals surface area contributed by atoms with E-state index in [1.54, 1.807) is 12.0 Å². The Morgan fingerprint density at radius 3 is 2.71 bits per heavy atom. The zero-order valence-electron chi connectivity index (χ0n) is 10.3. The lowest BCUT2D eigenvalue weighted by atomic mass is 10.2. The molecule has 0 atom stereocenters. The van der Waals surface area contributed by atoms with Gasteiger partial charge in [0, 0.05) is 18.7 Å². The van der Waals surface area contributed by atoms with Gasteiger partial charge in [-0.15, -0.1) is 11.6 Å². The van der Waals surface area contributed by atoms with E-state index >= 15 is 0 Å². The predicted octanol–water partition coefficient (Wildman–Crippen LogP) is 2.67. The Labute approximate surface area is 107 Å². The number of rotatable bonds is 6. The number of halogens is 1. The van der Waals surface area contributed by atoms with Crippen LogP contribution in [-0.2, 0) is 11.3 Å². The number of hydrogen-bond acceptors (Lipinski definition) is 2. The zero-order chi connectivity index (χ0) is 12.7. The number of benzene rings is 1. The van der Waals surface area contributed by atoms with Gasteiger partial charge < -0.3 is 9.64 Å². The highest BCUT2D eigenvalue weighted by Gasteiger charge is 2.13. The molecule has 0 heterocycles. The average molecular weight is 256 g/mol. The summed E-state index contributed by atoms with van der Waals surface area (Å²) in [6, 6.07) is 7.71. The maximum absolute atomic E-state index is 11.7. The van der Waals surface area contributed by atoms with Gasteiger partial charge >= 0.3 is 0 Å². The van der Waals surface area contributed by atoms with Gasteiger partial charge in [-0.2, -0.15) is 0 Å². The lowest BCUT2D eigenvalue weighted by molar-refractivity contribution is -0.129. The van der Waals surface area contributed by atoms with Crippen LogP contribution in [0, 0.1) is 0 Å². The van der Waals surface area contributed by atoms with Crippen LogP contribution in [0.2, 0.25) is 0 Å². The second-order valence-electron chi connectivity index (χ2n) is 3.76. The van der Waals surface area contributed by atoms with Crippen molar-refractivity contribution in [2.75, 3.05) is 19.5 Å². The van der Waals surface area contributed by atoms with E-state index < -0.39 is 0 Å². The van der Waals surface area contributed by atoms with E-state index in [-0.39, 0.29) is 11.8 Å². The first-order chi connectivity index (χ1) is 8.22. The van der Waals surface area contributed by atoms with E-state index in [9.17, 15) is 4.79 Å². The Kier molecular flexibility index (Phi) is 5.84. The average Bonchev–Trinajstić information content (AvgIpc) is 2.38. The fraction of sp³-hybridized carbons (Fsp3) is 0.462. The SMILES string of the molecule is CCCN(Cc1ccccc1OC)C(=O)CCl. The van der Waals surface area contributed by atoms with Crippen LogP contribution in [0.4, 0.5) is 0 Å². The number of carbonyl (C=O) groups is 1. The van der Waals surface area contributed by atoms with Crippen LogP contribution in [0.3, 0.4) is 0 Å². The molecule has 0 spiro atoms. The molecule has 0 N–H and O–H groups in total. The molecule has 1 aromatic rings. The van der Waals surface area contributed by atoms with Crippen LogP contribution in [0.15, 0.2) is 24.3 Å². The summed E-state index contributed by atoms with van der Waals surface area (Å²) in [4.78, 5) is 13.4. The first kappa shape index (κ1) is 13.8. The summed E-state index contributed by atoms with van der Waals surface area (Å²) in [6.45, 7) is 3.30. The molecule has 17 heavy (non-hydrogen) atoms. The van der Waals surface area contributed by atoms with E-state index in [2.05, 4.69) is 0 Å². The Hall–Kier alpha value is -1.22. The molecule has 1 aromatic carbocycles. The largest absolute Gasteiger partial charge is 0.496 e. The van der Waals surface area contributed by atoms with Gasteiger partial charge in [-0.1, -0.05) is 25.1 Å². The number of alkyl halides is 1. The Morgan fingerprint density at radius 2 is 2.12 bits per heavy atom. The summed E-state index contributed by atoms with van der Waals surface area (Å²) in [5.74, 6) is 0.783. The molecule has 0 aromatic heterocycles. The van der Waals surface area contributed by atoms with Crippen LogP contribution < -0.4 is 4.74 Å². The molecule has 0 aliphatic carbocycles. The zero-order valence-corrected chi connectivity index (χ0v) is 11.0. The van der Waals surface area contributed by atoms with Crippen molar-refractivity contribution in [3.8, 4) is 5.75 Å². The van der Waals surface area contributed by atoms with E-state index in [0.29, 0.717) is 13.1 Å². The predicted molar refractivity (Wildman–Crippen MR) is 69.4 cm³/mol. The Bertz CT molecular complexity index is 368. The van der Waals surface area contributed by atoms with Gasteiger partial charge in [0.25, 0.3) is 0 Å². The topological polar surface area (TPSA) is 29.5 Å². The molecule has 3 nitrogen and oxygen atoms in total. The first-order valence-corrected chi connectivity index (χ1v) is 6.22. The van der Waals surface area contributed by atoms with Crippen molar-refractivity contribution in [1.29, 1.82) is 0 Å². The Morgan fingerprint density at radius 1 is 1.41 bits per heavy atom. The van der Waals surface area contributed by atoms with Crippen LogP contribution in [0.5, 0.6) is 5.75 Å². The van der Waals surface area contributed by atoms with Gasteiger partial charge in [0.05, 0.1) is 7.11 Å². The third-order valence-corrected chi connectivity index (χ3v) is 2.74. The molecule has 0 bridgehead atoms. The molecule has 0 aliphatic rings. The number of ether oxygens (including phenoxy) is 1. The molecule has 94 valence electrons. The van der Waals surface area contributed by atoms with Crippen molar-refractivity contribution >= 4 is 17.5 Å². The van der Waals surface area contributed by atoms with Crippen LogP contribution >= 0.6 is 11.6 Å². The minimum absolute atomic E-state index is 0.0230. The summed E-state index contributed by atoms with van der Waals surface area (Å²) >= 11 is 5.60. The minimum Gasteiger partial charge on any atom is -0.496 e. The number of hydrogen-bond donors (Lipinski definition) is 0. The molecule has 0 unspecified atom stereocenters. The fourth-order valence-corrected chi connectivity index (χ4v) is 1.85. The minimum atomic E-state index is -0.0422. The fourth-order valence-electron chi connectivity index (χ4n) is 1.69. The molecule has 0 fully saturated rings. The summed E-state index contributed by atoms with van der Waals surface area (Å²) in [5.41, 5.74) is 1.00. The molecule has 1 rings (SSSR count). The second kappa shape index (κ2) is 7.17. The highest BCUT2D eigenvalue weighted by Crippen LogP contribution is 2.19. The van der Waals surface area contributed by atoms with Gasteiger partial charge in [-0.25, -0.2) is 0 Å². The normalized spacial score (nSPS) is 10.1. The van der Waals surface area contributed by atoms with Gasteiger partial charge in [-0.3, -0.25) is 4.79 Å². The molecule has 0 radical (unpaired) electrons. The van der Waals surface area contributed by atoms with Crippen LogP contribution in [0.1, 0.15) is 18.9 Å². The standard InChI is InChI=1S/C13H18ClNO2/c1-3-8-15(13(16)9-14)10-11-6-4-5-7-12(11)17-2/h4-7H,3,8-10H2,1-2H3. The highest BCUT2D eigenvalue weighted by molar-refractivity contribution is 6.27. The molecular weight excluding hydrogens is 238 g/mol. The summed E-state index contributed by atoms with van der Waals surface area (Å²) in [7, 11) is 1.63. The Balaban J connectivity index is 2.81. The van der Waals surface area contributed by atoms with E-state index in [1.807, 2.05) is 31.2 Å². The van der Waals surface area contributed by atoms with Crippen LogP contribution in [0.25, 0.3) is 0 Å². The number of methoxy groups -OCH3 is 1. The third-order valence-electron chi connectivity index (χ3n) is 2.51. The van der Waals surface area contributed by atoms with Gasteiger partial charge in [-0.05, 0) is 12.5 Å². The quantitative estimate of drug-likeness (QED) is 0.732. The highest BCUT2D eigenvalue weighted by atomic mass is 35.5. The summed E-state index contributed by atoms with van der Waals surface area (Å²) in [5, 5.41) is 0. The molecular formula is C13H18ClNO2. The van der Waals surface area contributed by atoms with Crippen molar-refractivity contribution in [3.63, 3.8) is 0 Å². The number of carbonyl (C=O) groups excluding carboxylic acids is 1. The van der Waals surface area contributed by atoms with Crippen molar-refractivity contribution in [2.24, 2.45) is 0 Å². The third kappa shape index (κ3) is 3.93. The molecule has 0 aliphatic heterocycles. The number of para-hydroxylation sites is 1. The number of nitrogens with zero attached hydrogens (tertiary/aromatic N) is 1. The monoisotopic (exact) mass is 255 g/mol. The molecule has 0 saturated heterocycles. The van der Waals surface area contributed by atoms with Crippen molar-refractivity contribution < 1.29 is 9.53 Å². The summed E-state index contributed by atoms with van der Waals surface area (Å²) in [6.07, 6.45) is 0.914. The number of amides is 1. The van der Waals surface area contributed by atoms with Crippen LogP contribution in [-0.4, -0.2) is 30.3 Å². The maximum Gasteiger partial charge on any atom is 0.237 e. The lowest BCUT2D eigenvalue weighted by Crippen LogP contribution is -2.32. The smallest absolute Gasteiger partial charge is 0.237 e. The molecule has 4 heteroatoms. The van der Waals surface area contributed by atoms with Gasteiger partial charge in [0.15, 0.2) is 0 Å². The van der Waals surface area contributed by atoms with Gasteiger partial charge in [0.2, 0.25) is 5.91 Å². The maximum atomic E-state index is 11.7.